The smallest absolute Gasteiger partial charge is 0.236 e. The first kappa shape index (κ1) is 13.7. The number of rotatable bonds is 3. The third kappa shape index (κ3) is 3.65. The molecule has 0 aromatic heterocycles. The van der Waals surface area contributed by atoms with Crippen LogP contribution in [-0.4, -0.2) is 78.9 Å². The molecule has 2 heterocycles. The first-order chi connectivity index (χ1) is 8.69. The molecule has 18 heavy (non-hydrogen) atoms. The van der Waals surface area contributed by atoms with Crippen molar-refractivity contribution >= 4 is 5.91 Å². The van der Waals surface area contributed by atoms with Gasteiger partial charge in [-0.3, -0.25) is 9.69 Å². The number of ether oxygens (including phenoxy) is 1. The number of nitrogens with two attached hydrogens (primary N) is 1. The summed E-state index contributed by atoms with van der Waals surface area (Å²) in [5.41, 5.74) is 5.84. The van der Waals surface area contributed by atoms with Crippen molar-refractivity contribution in [3.05, 3.63) is 0 Å². The van der Waals surface area contributed by atoms with E-state index in [9.17, 15) is 4.79 Å². The van der Waals surface area contributed by atoms with Crippen LogP contribution in [0.15, 0.2) is 0 Å². The highest BCUT2D eigenvalue weighted by Crippen LogP contribution is 2.10. The summed E-state index contributed by atoms with van der Waals surface area (Å²) in [6, 6.07) is 0.290. The van der Waals surface area contributed by atoms with Gasteiger partial charge in [0.2, 0.25) is 5.91 Å². The molecule has 0 aliphatic carbocycles. The molecule has 1 unspecified atom stereocenters. The largest absolute Gasteiger partial charge is 0.394 e. The van der Waals surface area contributed by atoms with Crippen LogP contribution in [0.1, 0.15) is 12.8 Å². The van der Waals surface area contributed by atoms with E-state index < -0.39 is 0 Å². The molecule has 1 atom stereocenters. The van der Waals surface area contributed by atoms with Crippen LogP contribution in [0.4, 0.5) is 0 Å². The fourth-order valence-electron chi connectivity index (χ4n) is 2.46. The van der Waals surface area contributed by atoms with Crippen molar-refractivity contribution in [1.29, 1.82) is 0 Å². The Balaban J connectivity index is 1.77. The molecule has 2 fully saturated rings. The van der Waals surface area contributed by atoms with Gasteiger partial charge in [-0.2, -0.15) is 0 Å². The first-order valence-electron chi connectivity index (χ1n) is 6.67. The Labute approximate surface area is 108 Å². The minimum atomic E-state index is -0.225. The number of likely N-dealkylation sites (tertiary alicyclic amines) is 1. The van der Waals surface area contributed by atoms with Crippen molar-refractivity contribution in [2.24, 2.45) is 5.73 Å². The normalized spacial score (nSPS) is 27.4. The summed E-state index contributed by atoms with van der Waals surface area (Å²) in [6.07, 6.45) is 1.71. The van der Waals surface area contributed by atoms with Crippen LogP contribution in [0.2, 0.25) is 0 Å². The van der Waals surface area contributed by atoms with Gasteiger partial charge in [0.15, 0.2) is 0 Å². The van der Waals surface area contributed by atoms with Crippen molar-refractivity contribution in [3.8, 4) is 0 Å². The van der Waals surface area contributed by atoms with Gasteiger partial charge in [0.25, 0.3) is 0 Å². The maximum Gasteiger partial charge on any atom is 0.236 e. The van der Waals surface area contributed by atoms with Crippen LogP contribution >= 0.6 is 0 Å². The molecule has 0 bridgehead atoms. The van der Waals surface area contributed by atoms with E-state index in [1.165, 1.54) is 0 Å². The summed E-state index contributed by atoms with van der Waals surface area (Å²) >= 11 is 0. The fourth-order valence-corrected chi connectivity index (χ4v) is 2.46. The molecular formula is C12H23N3O3. The van der Waals surface area contributed by atoms with Crippen LogP contribution in [0.25, 0.3) is 0 Å². The Morgan fingerprint density at radius 1 is 1.33 bits per heavy atom. The number of hydrogen-bond donors (Lipinski definition) is 2. The zero-order chi connectivity index (χ0) is 13.0. The molecule has 2 rings (SSSR count). The Morgan fingerprint density at radius 3 is 2.72 bits per heavy atom. The lowest BCUT2D eigenvalue weighted by Gasteiger charge is -2.35. The topological polar surface area (TPSA) is 79.0 Å². The van der Waals surface area contributed by atoms with Gasteiger partial charge >= 0.3 is 0 Å². The third-order valence-corrected chi connectivity index (χ3v) is 3.69. The first-order valence-corrected chi connectivity index (χ1v) is 6.67. The summed E-state index contributed by atoms with van der Waals surface area (Å²) in [4.78, 5) is 16.1. The maximum absolute atomic E-state index is 12.1. The summed E-state index contributed by atoms with van der Waals surface area (Å²) in [5.74, 6) is 0.132. The highest BCUT2D eigenvalue weighted by molar-refractivity contribution is 5.78. The Morgan fingerprint density at radius 2 is 2.06 bits per heavy atom. The van der Waals surface area contributed by atoms with Gasteiger partial charge in [-0.05, 0) is 12.8 Å². The lowest BCUT2D eigenvalue weighted by Crippen LogP contribution is -2.51. The molecule has 2 aliphatic rings. The number of nitrogens with zero attached hydrogens (tertiary/aromatic N) is 2. The second kappa shape index (κ2) is 6.47. The molecule has 3 N–H and O–H groups in total. The second-order valence-corrected chi connectivity index (χ2v) is 5.13. The van der Waals surface area contributed by atoms with Gasteiger partial charge in [-0.1, -0.05) is 0 Å². The average Bonchev–Trinajstić information content (AvgIpc) is 2.41. The quantitative estimate of drug-likeness (QED) is 0.652. The molecule has 0 spiro atoms. The molecular weight excluding hydrogens is 234 g/mol. The zero-order valence-electron chi connectivity index (χ0n) is 10.8. The number of amides is 1. The number of piperidine rings is 1. The summed E-state index contributed by atoms with van der Waals surface area (Å²) in [7, 11) is 0. The summed E-state index contributed by atoms with van der Waals surface area (Å²) in [5, 5.41) is 9.05. The SMILES string of the molecule is NC1CCN(CC(=O)N2CCOC(CO)C2)CC1. The van der Waals surface area contributed by atoms with Crippen molar-refractivity contribution in [1.82, 2.24) is 9.80 Å². The number of morpholine rings is 1. The van der Waals surface area contributed by atoms with Crippen LogP contribution in [0, 0.1) is 0 Å². The number of hydrogen-bond acceptors (Lipinski definition) is 5. The van der Waals surface area contributed by atoms with Gasteiger partial charge < -0.3 is 20.5 Å². The average molecular weight is 257 g/mol. The van der Waals surface area contributed by atoms with Gasteiger partial charge in [0.1, 0.15) is 0 Å². The number of carbonyl (C=O) groups is 1. The minimum Gasteiger partial charge on any atom is -0.394 e. The molecule has 0 saturated carbocycles. The van der Waals surface area contributed by atoms with E-state index in [0.717, 1.165) is 25.9 Å². The van der Waals surface area contributed by atoms with Crippen molar-refractivity contribution < 1.29 is 14.6 Å². The van der Waals surface area contributed by atoms with Crippen LogP contribution in [0.5, 0.6) is 0 Å². The predicted octanol–water partition coefficient (Wildman–Crippen LogP) is -1.37. The maximum atomic E-state index is 12.1. The van der Waals surface area contributed by atoms with E-state index >= 15 is 0 Å². The molecule has 6 nitrogen and oxygen atoms in total. The van der Waals surface area contributed by atoms with Crippen LogP contribution in [0.3, 0.4) is 0 Å². The van der Waals surface area contributed by atoms with E-state index in [-0.39, 0.29) is 18.6 Å². The van der Waals surface area contributed by atoms with Gasteiger partial charge in [-0.25, -0.2) is 0 Å². The lowest BCUT2D eigenvalue weighted by atomic mass is 10.1. The van der Waals surface area contributed by atoms with Gasteiger partial charge in [0, 0.05) is 32.2 Å². The standard InChI is InChI=1S/C12H23N3O3/c13-10-1-3-14(4-2-10)8-12(17)15-5-6-18-11(7-15)9-16/h10-11,16H,1-9,13H2. The monoisotopic (exact) mass is 257 g/mol. The van der Waals surface area contributed by atoms with Crippen LogP contribution in [-0.2, 0) is 9.53 Å². The third-order valence-electron chi connectivity index (χ3n) is 3.69. The minimum absolute atomic E-state index is 0.0254. The van der Waals surface area contributed by atoms with E-state index in [4.69, 9.17) is 15.6 Å². The molecule has 0 aromatic rings. The fraction of sp³-hybridized carbons (Fsp3) is 0.917. The molecule has 1 amide bonds. The number of carbonyl (C=O) groups excluding carboxylic acids is 1. The molecule has 2 saturated heterocycles. The predicted molar refractivity (Wildman–Crippen MR) is 67.1 cm³/mol. The molecule has 6 heteroatoms. The van der Waals surface area contributed by atoms with Gasteiger partial charge in [-0.15, -0.1) is 0 Å². The van der Waals surface area contributed by atoms with E-state index in [0.29, 0.717) is 32.3 Å². The molecule has 104 valence electrons. The summed E-state index contributed by atoms with van der Waals surface area (Å²) < 4.78 is 5.34. The second-order valence-electron chi connectivity index (χ2n) is 5.13. The Bertz CT molecular complexity index is 280. The lowest BCUT2D eigenvalue weighted by molar-refractivity contribution is -0.141. The van der Waals surface area contributed by atoms with Crippen molar-refractivity contribution in [2.45, 2.75) is 25.0 Å². The molecule has 0 aromatic carbocycles. The molecule has 2 aliphatic heterocycles. The number of aliphatic hydroxyl groups is 1. The van der Waals surface area contributed by atoms with E-state index in [2.05, 4.69) is 4.90 Å². The van der Waals surface area contributed by atoms with Gasteiger partial charge in [0.05, 0.1) is 25.9 Å². The zero-order valence-corrected chi connectivity index (χ0v) is 10.8. The van der Waals surface area contributed by atoms with E-state index in [1.54, 1.807) is 4.90 Å². The summed E-state index contributed by atoms with van der Waals surface area (Å²) in [6.45, 7) is 3.89. The van der Waals surface area contributed by atoms with Crippen molar-refractivity contribution in [3.63, 3.8) is 0 Å². The number of aliphatic hydroxyl groups excluding tert-OH is 1. The Kier molecular flexibility index (Phi) is 4.94. The van der Waals surface area contributed by atoms with Crippen molar-refractivity contribution in [2.75, 3.05) is 45.9 Å². The van der Waals surface area contributed by atoms with E-state index in [1.807, 2.05) is 0 Å². The Hall–Kier alpha value is -0.690. The molecule has 0 radical (unpaired) electrons. The van der Waals surface area contributed by atoms with Crippen LogP contribution < -0.4 is 5.73 Å². The highest BCUT2D eigenvalue weighted by atomic mass is 16.5. The highest BCUT2D eigenvalue weighted by Gasteiger charge is 2.26.